The predicted octanol–water partition coefficient (Wildman–Crippen LogP) is 1.74. The highest BCUT2D eigenvalue weighted by molar-refractivity contribution is 5.15. The molecule has 0 fully saturated rings. The topological polar surface area (TPSA) is 61.0 Å². The molecule has 0 aliphatic rings. The number of aryl methyl sites for hydroxylation is 1. The van der Waals surface area contributed by atoms with Crippen molar-refractivity contribution in [2.45, 2.75) is 19.1 Å². The van der Waals surface area contributed by atoms with E-state index in [4.69, 9.17) is 0 Å². The predicted molar refractivity (Wildman–Crippen MR) is 39.6 cm³/mol. The molecule has 0 atom stereocenters. The van der Waals surface area contributed by atoms with Crippen molar-refractivity contribution in [1.29, 1.82) is 0 Å². The maximum atomic E-state index is 11.8. The van der Waals surface area contributed by atoms with Gasteiger partial charge in [0.25, 0.3) is 0 Å². The minimum atomic E-state index is -4.33. The van der Waals surface area contributed by atoms with E-state index < -0.39 is 29.9 Å². The van der Waals surface area contributed by atoms with Gasteiger partial charge in [-0.2, -0.15) is 13.2 Å². The van der Waals surface area contributed by atoms with E-state index in [1.807, 2.05) is 0 Å². The zero-order chi connectivity index (χ0) is 10.8. The van der Waals surface area contributed by atoms with Crippen LogP contribution in [0.3, 0.4) is 0 Å². The first-order valence-corrected chi connectivity index (χ1v) is 3.63. The van der Waals surface area contributed by atoms with Gasteiger partial charge in [-0.3, -0.25) is 0 Å². The Morgan fingerprint density at radius 3 is 2.71 bits per heavy atom. The third-order valence-electron chi connectivity index (χ3n) is 1.49. The number of hydrogen-bond donors (Lipinski definition) is 0. The smallest absolute Gasteiger partial charge is 0.358 e. The lowest BCUT2D eigenvalue weighted by molar-refractivity contribution is -0.392. The van der Waals surface area contributed by atoms with Gasteiger partial charge >= 0.3 is 12.0 Å². The third kappa shape index (κ3) is 2.71. The van der Waals surface area contributed by atoms with E-state index >= 15 is 0 Å². The van der Waals surface area contributed by atoms with Crippen molar-refractivity contribution in [3.05, 3.63) is 22.4 Å². The van der Waals surface area contributed by atoms with Crippen molar-refractivity contribution in [3.63, 3.8) is 0 Å². The minimum Gasteiger partial charge on any atom is -0.358 e. The fourth-order valence-electron chi connectivity index (χ4n) is 0.886. The monoisotopic (exact) mass is 209 g/mol. The number of hydrogen-bond acceptors (Lipinski definition) is 3. The van der Waals surface area contributed by atoms with E-state index in [-0.39, 0.29) is 0 Å². The van der Waals surface area contributed by atoms with Crippen LogP contribution < -0.4 is 0 Å². The highest BCUT2D eigenvalue weighted by Crippen LogP contribution is 2.21. The van der Waals surface area contributed by atoms with E-state index in [9.17, 15) is 23.3 Å². The molecule has 0 aliphatic heterocycles. The second-order valence-corrected chi connectivity index (χ2v) is 2.53. The van der Waals surface area contributed by atoms with Gasteiger partial charge in [-0.1, -0.05) is 5.10 Å². The highest BCUT2D eigenvalue weighted by Gasteiger charge is 2.29. The highest BCUT2D eigenvalue weighted by atomic mass is 19.4. The zero-order valence-electron chi connectivity index (χ0n) is 6.86. The molecule has 1 heterocycles. The second kappa shape index (κ2) is 3.64. The molecule has 0 bridgehead atoms. The molecule has 0 aliphatic carbocycles. The fourth-order valence-corrected chi connectivity index (χ4v) is 0.886. The maximum absolute atomic E-state index is 11.8. The van der Waals surface area contributed by atoms with Crippen LogP contribution in [0.25, 0.3) is 0 Å². The van der Waals surface area contributed by atoms with Crippen LogP contribution in [0.15, 0.2) is 12.3 Å². The van der Waals surface area contributed by atoms with Crippen LogP contribution >= 0.6 is 0 Å². The normalized spacial score (nSPS) is 11.6. The van der Waals surface area contributed by atoms with E-state index in [2.05, 4.69) is 5.10 Å². The summed E-state index contributed by atoms with van der Waals surface area (Å²) in [4.78, 5) is 9.50. The van der Waals surface area contributed by atoms with Gasteiger partial charge in [0.2, 0.25) is 0 Å². The Balaban J connectivity index is 2.68. The first-order valence-electron chi connectivity index (χ1n) is 3.63. The van der Waals surface area contributed by atoms with Crippen molar-refractivity contribution >= 4 is 5.82 Å². The standard InChI is InChI=1S/C6H6F3N3O2/c7-6(8,9)2-4-11-5(12(13)14)1-3-10-11/h1,3H,2,4H2. The van der Waals surface area contributed by atoms with Gasteiger partial charge in [0.05, 0.1) is 18.7 Å². The van der Waals surface area contributed by atoms with Crippen molar-refractivity contribution in [1.82, 2.24) is 9.78 Å². The average molecular weight is 209 g/mol. The summed E-state index contributed by atoms with van der Waals surface area (Å²) in [5.41, 5.74) is 0. The van der Waals surface area contributed by atoms with Gasteiger partial charge in [-0.15, -0.1) is 4.68 Å². The van der Waals surface area contributed by atoms with E-state index in [1.165, 1.54) is 0 Å². The Hall–Kier alpha value is -1.60. The number of halogens is 3. The molecule has 0 unspecified atom stereocenters. The van der Waals surface area contributed by atoms with Gasteiger partial charge in [0, 0.05) is 0 Å². The molecule has 78 valence electrons. The molecule has 0 N–H and O–H groups in total. The fraction of sp³-hybridized carbons (Fsp3) is 0.500. The van der Waals surface area contributed by atoms with Crippen molar-refractivity contribution < 1.29 is 18.1 Å². The number of aromatic nitrogens is 2. The van der Waals surface area contributed by atoms with Crippen molar-refractivity contribution in [3.8, 4) is 0 Å². The molecule has 0 saturated carbocycles. The number of alkyl halides is 3. The minimum absolute atomic E-state index is 0.436. The molecular weight excluding hydrogens is 203 g/mol. The SMILES string of the molecule is O=[N+]([O-])c1ccnn1CCC(F)(F)F. The van der Waals surface area contributed by atoms with Crippen LogP contribution in [-0.2, 0) is 6.54 Å². The Labute approximate surface area is 76.3 Å². The van der Waals surface area contributed by atoms with Gasteiger partial charge in [-0.05, 0) is 4.92 Å². The summed E-state index contributed by atoms with van der Waals surface area (Å²) >= 11 is 0. The average Bonchev–Trinajstić information content (AvgIpc) is 2.46. The molecule has 0 amide bonds. The molecule has 0 aromatic carbocycles. The van der Waals surface area contributed by atoms with Crippen molar-refractivity contribution in [2.24, 2.45) is 0 Å². The molecule has 5 nitrogen and oxygen atoms in total. The van der Waals surface area contributed by atoms with Crippen LogP contribution in [0.2, 0.25) is 0 Å². The number of rotatable bonds is 3. The van der Waals surface area contributed by atoms with Gasteiger partial charge in [-0.25, -0.2) is 0 Å². The molecule has 0 radical (unpaired) electrons. The van der Waals surface area contributed by atoms with E-state index in [1.54, 1.807) is 0 Å². The summed E-state index contributed by atoms with van der Waals surface area (Å²) in [7, 11) is 0. The zero-order valence-corrected chi connectivity index (χ0v) is 6.86. The maximum Gasteiger partial charge on any atom is 0.392 e. The molecule has 0 spiro atoms. The third-order valence-corrected chi connectivity index (χ3v) is 1.49. The second-order valence-electron chi connectivity index (χ2n) is 2.53. The summed E-state index contributed by atoms with van der Waals surface area (Å²) < 4.78 is 36.0. The molecule has 1 aromatic heterocycles. The molecule has 0 saturated heterocycles. The van der Waals surface area contributed by atoms with Crippen LogP contribution in [0.1, 0.15) is 6.42 Å². The van der Waals surface area contributed by atoms with Crippen LogP contribution in [-0.4, -0.2) is 20.9 Å². The Kier molecular flexibility index (Phi) is 2.73. The number of nitrogens with zero attached hydrogens (tertiary/aromatic N) is 3. The lowest BCUT2D eigenvalue weighted by atomic mass is 10.4. The quantitative estimate of drug-likeness (QED) is 0.562. The molecule has 14 heavy (non-hydrogen) atoms. The first kappa shape index (κ1) is 10.5. The van der Waals surface area contributed by atoms with Gasteiger partial charge in [0.1, 0.15) is 6.54 Å². The first-order chi connectivity index (χ1) is 6.40. The van der Waals surface area contributed by atoms with E-state index in [0.29, 0.717) is 4.68 Å². The summed E-state index contributed by atoms with van der Waals surface area (Å²) in [6.45, 7) is -0.535. The summed E-state index contributed by atoms with van der Waals surface area (Å²) in [5, 5.41) is 13.7. The Morgan fingerprint density at radius 1 is 1.57 bits per heavy atom. The molecular formula is C6H6F3N3O2. The van der Waals surface area contributed by atoms with Crippen LogP contribution in [0.5, 0.6) is 0 Å². The lowest BCUT2D eigenvalue weighted by Crippen LogP contribution is -2.14. The molecule has 1 aromatic rings. The largest absolute Gasteiger partial charge is 0.392 e. The molecule has 1 rings (SSSR count). The number of nitro groups is 1. The lowest BCUT2D eigenvalue weighted by Gasteiger charge is -2.03. The van der Waals surface area contributed by atoms with Crippen molar-refractivity contribution in [2.75, 3.05) is 0 Å². The van der Waals surface area contributed by atoms with Crippen LogP contribution in [0.4, 0.5) is 19.0 Å². The summed E-state index contributed by atoms with van der Waals surface area (Å²) in [5.74, 6) is -0.436. The Morgan fingerprint density at radius 2 is 2.21 bits per heavy atom. The van der Waals surface area contributed by atoms with E-state index in [0.717, 1.165) is 12.3 Å². The van der Waals surface area contributed by atoms with Crippen LogP contribution in [0, 0.1) is 10.1 Å². The summed E-state index contributed by atoms with van der Waals surface area (Å²) in [6, 6.07) is 1.05. The van der Waals surface area contributed by atoms with Gasteiger partial charge < -0.3 is 10.1 Å². The molecule has 8 heteroatoms. The van der Waals surface area contributed by atoms with Gasteiger partial charge in [0.15, 0.2) is 0 Å². The summed E-state index contributed by atoms with van der Waals surface area (Å²) in [6.07, 6.45) is -4.37. The Bertz CT molecular complexity index is 333.